The number of halogens is 2. The van der Waals surface area contributed by atoms with Gasteiger partial charge in [0.15, 0.2) is 0 Å². The van der Waals surface area contributed by atoms with Crippen LogP contribution in [0.1, 0.15) is 33.1 Å². The van der Waals surface area contributed by atoms with Gasteiger partial charge in [0.05, 0.1) is 9.37 Å². The molecule has 20 heavy (non-hydrogen) atoms. The zero-order chi connectivity index (χ0) is 15.1. The van der Waals surface area contributed by atoms with Gasteiger partial charge in [-0.1, -0.05) is 31.9 Å². The normalized spacial score (nSPS) is 22.1. The van der Waals surface area contributed by atoms with Crippen LogP contribution in [-0.4, -0.2) is 14.5 Å². The summed E-state index contributed by atoms with van der Waals surface area (Å²) in [6.07, 6.45) is 2.89. The Labute approximate surface area is 133 Å². The van der Waals surface area contributed by atoms with E-state index in [1.807, 2.05) is 0 Å². The molecular weight excluding hydrogens is 364 g/mol. The molecule has 0 heterocycles. The van der Waals surface area contributed by atoms with Crippen molar-refractivity contribution in [2.24, 2.45) is 5.41 Å². The van der Waals surface area contributed by atoms with Crippen LogP contribution >= 0.6 is 27.5 Å². The number of anilines is 1. The van der Waals surface area contributed by atoms with E-state index >= 15 is 0 Å². The molecule has 0 spiro atoms. The highest BCUT2D eigenvalue weighted by atomic mass is 79.9. The van der Waals surface area contributed by atoms with E-state index in [1.54, 1.807) is 0 Å². The number of benzene rings is 1. The van der Waals surface area contributed by atoms with Gasteiger partial charge in [-0.25, -0.2) is 13.1 Å². The minimum Gasteiger partial charge on any atom is -0.398 e. The average Bonchev–Trinajstić information content (AvgIpc) is 2.62. The molecule has 7 heteroatoms. The fourth-order valence-corrected chi connectivity index (χ4v) is 5.31. The molecule has 0 bridgehead atoms. The Morgan fingerprint density at radius 1 is 1.45 bits per heavy atom. The summed E-state index contributed by atoms with van der Waals surface area (Å²) in [6.45, 7) is 4.16. The van der Waals surface area contributed by atoms with Gasteiger partial charge >= 0.3 is 0 Å². The topological polar surface area (TPSA) is 72.2 Å². The molecular formula is C13H18BrClN2O2S. The summed E-state index contributed by atoms with van der Waals surface area (Å²) in [6, 6.07) is 2.86. The molecule has 0 aliphatic heterocycles. The number of hydrogen-bond donors (Lipinski definition) is 2. The summed E-state index contributed by atoms with van der Waals surface area (Å²) >= 11 is 9.13. The smallest absolute Gasteiger partial charge is 0.242 e. The van der Waals surface area contributed by atoms with Crippen molar-refractivity contribution < 1.29 is 8.42 Å². The summed E-state index contributed by atoms with van der Waals surface area (Å²) in [4.78, 5) is 0.0881. The van der Waals surface area contributed by atoms with E-state index in [1.165, 1.54) is 12.1 Å². The highest BCUT2D eigenvalue weighted by Gasteiger charge is 2.37. The van der Waals surface area contributed by atoms with E-state index in [-0.39, 0.29) is 16.4 Å². The Kier molecular flexibility index (Phi) is 4.40. The predicted molar refractivity (Wildman–Crippen MR) is 85.3 cm³/mol. The molecule has 1 aromatic rings. The monoisotopic (exact) mass is 380 g/mol. The first-order valence-corrected chi connectivity index (χ1v) is 9.06. The molecule has 4 nitrogen and oxygen atoms in total. The Balaban J connectivity index is 2.37. The Morgan fingerprint density at radius 3 is 2.65 bits per heavy atom. The van der Waals surface area contributed by atoms with Gasteiger partial charge in [-0.15, -0.1) is 0 Å². The number of nitrogens with one attached hydrogen (secondary N) is 1. The summed E-state index contributed by atoms with van der Waals surface area (Å²) < 4.78 is 28.2. The molecule has 1 fully saturated rings. The summed E-state index contributed by atoms with van der Waals surface area (Å²) in [5, 5.41) is 0.303. The maximum atomic E-state index is 12.5. The lowest BCUT2D eigenvalue weighted by Crippen LogP contribution is -2.41. The molecule has 0 amide bonds. The summed E-state index contributed by atoms with van der Waals surface area (Å²) in [7, 11) is -3.65. The molecule has 3 N–H and O–H groups in total. The highest BCUT2D eigenvalue weighted by molar-refractivity contribution is 9.10. The molecule has 1 saturated carbocycles. The van der Waals surface area contributed by atoms with E-state index in [4.69, 9.17) is 17.3 Å². The lowest BCUT2D eigenvalue weighted by molar-refractivity contribution is 0.313. The molecule has 112 valence electrons. The number of nitrogens with two attached hydrogens (primary N) is 1. The van der Waals surface area contributed by atoms with Gasteiger partial charge in [-0.2, -0.15) is 0 Å². The third kappa shape index (κ3) is 3.13. The zero-order valence-electron chi connectivity index (χ0n) is 11.4. The summed E-state index contributed by atoms with van der Waals surface area (Å²) in [5.41, 5.74) is 6.03. The van der Waals surface area contributed by atoms with Gasteiger partial charge in [0.25, 0.3) is 0 Å². The molecule has 0 saturated heterocycles. The number of rotatable bonds is 3. The summed E-state index contributed by atoms with van der Waals surface area (Å²) in [5.74, 6) is 0. The van der Waals surface area contributed by atoms with E-state index in [0.29, 0.717) is 15.2 Å². The highest BCUT2D eigenvalue weighted by Crippen LogP contribution is 2.39. The van der Waals surface area contributed by atoms with Gasteiger partial charge in [0.1, 0.15) is 0 Å². The second kappa shape index (κ2) is 5.48. The van der Waals surface area contributed by atoms with Crippen LogP contribution in [-0.2, 0) is 10.0 Å². The van der Waals surface area contributed by atoms with Gasteiger partial charge in [0, 0.05) is 16.8 Å². The molecule has 1 aliphatic carbocycles. The lowest BCUT2D eigenvalue weighted by Gasteiger charge is -2.27. The van der Waals surface area contributed by atoms with Crippen molar-refractivity contribution in [3.63, 3.8) is 0 Å². The SMILES string of the molecule is CC1(C)CCCC1NS(=O)(=O)c1cc(Cl)cc(N)c1Br. The zero-order valence-corrected chi connectivity index (χ0v) is 14.6. The predicted octanol–water partition coefficient (Wildman–Crippen LogP) is 3.54. The van der Waals surface area contributed by atoms with Crippen molar-refractivity contribution >= 4 is 43.2 Å². The van der Waals surface area contributed by atoms with Gasteiger partial charge < -0.3 is 5.73 Å². The fourth-order valence-electron chi connectivity index (χ4n) is 2.58. The van der Waals surface area contributed by atoms with Crippen molar-refractivity contribution in [2.45, 2.75) is 44.0 Å². The van der Waals surface area contributed by atoms with Crippen molar-refractivity contribution in [1.82, 2.24) is 4.72 Å². The van der Waals surface area contributed by atoms with Crippen LogP contribution < -0.4 is 10.5 Å². The van der Waals surface area contributed by atoms with Crippen molar-refractivity contribution in [3.05, 3.63) is 21.6 Å². The van der Waals surface area contributed by atoms with Crippen LogP contribution in [0.15, 0.2) is 21.5 Å². The third-order valence-electron chi connectivity index (χ3n) is 3.88. The van der Waals surface area contributed by atoms with E-state index < -0.39 is 10.0 Å². The first-order valence-electron chi connectivity index (χ1n) is 6.40. The average molecular weight is 382 g/mol. The quantitative estimate of drug-likeness (QED) is 0.787. The third-order valence-corrected chi connectivity index (χ3v) is 6.74. The van der Waals surface area contributed by atoms with Crippen LogP contribution in [0.4, 0.5) is 5.69 Å². The molecule has 2 rings (SSSR count). The molecule has 1 aliphatic rings. The minimum atomic E-state index is -3.65. The first kappa shape index (κ1) is 16.1. The molecule has 0 aromatic heterocycles. The lowest BCUT2D eigenvalue weighted by atomic mass is 9.88. The van der Waals surface area contributed by atoms with E-state index in [9.17, 15) is 8.42 Å². The van der Waals surface area contributed by atoms with Crippen LogP contribution in [0.2, 0.25) is 5.02 Å². The second-order valence-electron chi connectivity index (χ2n) is 5.86. The maximum absolute atomic E-state index is 12.5. The van der Waals surface area contributed by atoms with Crippen LogP contribution in [0.25, 0.3) is 0 Å². The molecule has 1 aromatic carbocycles. The van der Waals surface area contributed by atoms with E-state index in [2.05, 4.69) is 34.5 Å². The van der Waals surface area contributed by atoms with Gasteiger partial charge in [-0.3, -0.25) is 0 Å². The van der Waals surface area contributed by atoms with Gasteiger partial charge in [-0.05, 0) is 46.3 Å². The Hall–Kier alpha value is -0.300. The standard InChI is InChI=1S/C13H18BrClN2O2S/c1-13(2)5-3-4-11(13)17-20(18,19)10-7-8(15)6-9(16)12(10)14/h6-7,11,17H,3-5,16H2,1-2H3. The Morgan fingerprint density at radius 2 is 2.10 bits per heavy atom. The van der Waals surface area contributed by atoms with Crippen LogP contribution in [0.3, 0.4) is 0 Å². The first-order chi connectivity index (χ1) is 9.13. The largest absolute Gasteiger partial charge is 0.398 e. The minimum absolute atomic E-state index is 0.0380. The van der Waals surface area contributed by atoms with Crippen molar-refractivity contribution in [3.8, 4) is 0 Å². The van der Waals surface area contributed by atoms with Crippen molar-refractivity contribution in [1.29, 1.82) is 0 Å². The van der Waals surface area contributed by atoms with E-state index in [0.717, 1.165) is 19.3 Å². The maximum Gasteiger partial charge on any atom is 0.242 e. The molecule has 1 atom stereocenters. The fraction of sp³-hybridized carbons (Fsp3) is 0.538. The van der Waals surface area contributed by atoms with Crippen LogP contribution in [0.5, 0.6) is 0 Å². The molecule has 1 unspecified atom stereocenters. The molecule has 0 radical (unpaired) electrons. The second-order valence-corrected chi connectivity index (χ2v) is 8.77. The number of sulfonamides is 1. The number of hydrogen-bond acceptors (Lipinski definition) is 3. The number of nitrogen functional groups attached to an aromatic ring is 1. The van der Waals surface area contributed by atoms with Crippen molar-refractivity contribution in [2.75, 3.05) is 5.73 Å². The van der Waals surface area contributed by atoms with Gasteiger partial charge in [0.2, 0.25) is 10.0 Å². The Bertz CT molecular complexity index is 632. The van der Waals surface area contributed by atoms with Crippen LogP contribution in [0, 0.1) is 5.41 Å².